The first-order valence-electron chi connectivity index (χ1n) is 10.4. The van der Waals surface area contributed by atoms with Crippen molar-refractivity contribution in [2.24, 2.45) is 5.92 Å². The van der Waals surface area contributed by atoms with Gasteiger partial charge in [-0.1, -0.05) is 48.5 Å². The summed E-state index contributed by atoms with van der Waals surface area (Å²) in [5, 5.41) is 0. The molecule has 6 heteroatoms. The first kappa shape index (κ1) is 22.0. The molecule has 0 aromatic heterocycles. The first-order chi connectivity index (χ1) is 15.5. The van der Waals surface area contributed by atoms with Crippen molar-refractivity contribution >= 4 is 29.3 Å². The van der Waals surface area contributed by atoms with Crippen LogP contribution in [0.4, 0.5) is 5.69 Å². The molecule has 32 heavy (non-hydrogen) atoms. The number of β-lactam (4-membered cyclic amide) rings is 1. The van der Waals surface area contributed by atoms with E-state index >= 15 is 0 Å². The molecule has 0 N–H and O–H groups in total. The van der Waals surface area contributed by atoms with Crippen molar-refractivity contribution < 1.29 is 19.1 Å². The molecule has 3 unspecified atom stereocenters. The smallest absolute Gasteiger partial charge is 0.310 e. The lowest BCUT2D eigenvalue weighted by molar-refractivity contribution is -0.150. The number of rotatable bonds is 7. The average Bonchev–Trinajstić information content (AvgIpc) is 2.85. The normalized spacial score (nSPS) is 20.9. The van der Waals surface area contributed by atoms with E-state index in [-0.39, 0.29) is 11.9 Å². The van der Waals surface area contributed by atoms with Crippen molar-refractivity contribution in [1.82, 2.24) is 0 Å². The minimum absolute atomic E-state index is 0.122. The Morgan fingerprint density at radius 2 is 1.53 bits per heavy atom. The summed E-state index contributed by atoms with van der Waals surface area (Å²) >= 11 is 1.43. The Morgan fingerprint density at radius 1 is 0.938 bits per heavy atom. The summed E-state index contributed by atoms with van der Waals surface area (Å²) in [5.74, 6) is -0.476. The second-order valence-corrected chi connectivity index (χ2v) is 8.99. The third kappa shape index (κ3) is 3.65. The van der Waals surface area contributed by atoms with Gasteiger partial charge >= 0.3 is 5.97 Å². The molecule has 4 rings (SSSR count). The van der Waals surface area contributed by atoms with Crippen molar-refractivity contribution in [2.75, 3.05) is 19.1 Å². The van der Waals surface area contributed by atoms with E-state index in [1.807, 2.05) is 84.9 Å². The van der Waals surface area contributed by atoms with Crippen LogP contribution in [0.15, 0.2) is 89.8 Å². The molecule has 0 saturated carbocycles. The summed E-state index contributed by atoms with van der Waals surface area (Å²) in [7, 11) is 2.97. The van der Waals surface area contributed by atoms with E-state index in [9.17, 15) is 9.59 Å². The van der Waals surface area contributed by atoms with E-state index in [0.717, 1.165) is 16.1 Å². The zero-order valence-electron chi connectivity index (χ0n) is 18.2. The summed E-state index contributed by atoms with van der Waals surface area (Å²) in [4.78, 5) is 29.4. The van der Waals surface area contributed by atoms with Crippen molar-refractivity contribution in [1.29, 1.82) is 0 Å². The molecule has 1 fully saturated rings. The number of amides is 1. The van der Waals surface area contributed by atoms with E-state index < -0.39 is 16.6 Å². The van der Waals surface area contributed by atoms with Gasteiger partial charge < -0.3 is 14.4 Å². The van der Waals surface area contributed by atoms with Crippen LogP contribution in [-0.2, 0) is 14.3 Å². The number of nitrogens with zero attached hydrogens (tertiary/aromatic N) is 1. The Morgan fingerprint density at radius 3 is 2.09 bits per heavy atom. The highest BCUT2D eigenvalue weighted by molar-refractivity contribution is 8.01. The van der Waals surface area contributed by atoms with E-state index in [1.54, 1.807) is 18.9 Å². The number of anilines is 1. The number of thioether (sulfide) groups is 1. The zero-order chi connectivity index (χ0) is 22.7. The van der Waals surface area contributed by atoms with Crippen LogP contribution in [0.2, 0.25) is 0 Å². The fraction of sp³-hybridized carbons (Fsp3) is 0.231. The molecular formula is C26H25NO4S. The zero-order valence-corrected chi connectivity index (χ0v) is 19.0. The highest BCUT2D eigenvalue weighted by Crippen LogP contribution is 2.59. The summed E-state index contributed by atoms with van der Waals surface area (Å²) in [6.45, 7) is 1.78. The first-order valence-corrected chi connectivity index (χ1v) is 11.2. The molecule has 5 nitrogen and oxygen atoms in total. The second kappa shape index (κ2) is 9.09. The van der Waals surface area contributed by atoms with Gasteiger partial charge in [0.1, 0.15) is 10.5 Å². The maximum Gasteiger partial charge on any atom is 0.310 e. The second-order valence-electron chi connectivity index (χ2n) is 7.64. The minimum atomic E-state index is -1.05. The number of esters is 1. The molecule has 1 aliphatic rings. The molecule has 1 aliphatic heterocycles. The summed E-state index contributed by atoms with van der Waals surface area (Å²) < 4.78 is 9.32. The Hall–Kier alpha value is -3.25. The van der Waals surface area contributed by atoms with Crippen LogP contribution >= 0.6 is 11.8 Å². The van der Waals surface area contributed by atoms with Gasteiger partial charge in [-0.3, -0.25) is 9.59 Å². The van der Waals surface area contributed by atoms with Gasteiger partial charge in [0.25, 0.3) is 0 Å². The number of methoxy groups -OCH3 is 2. The van der Waals surface area contributed by atoms with Crippen molar-refractivity contribution in [3.05, 3.63) is 90.5 Å². The predicted molar refractivity (Wildman–Crippen MR) is 126 cm³/mol. The van der Waals surface area contributed by atoms with Crippen LogP contribution in [0.3, 0.4) is 0 Å². The van der Waals surface area contributed by atoms with Gasteiger partial charge in [0.05, 0.1) is 26.2 Å². The fourth-order valence-electron chi connectivity index (χ4n) is 4.23. The van der Waals surface area contributed by atoms with Crippen LogP contribution in [-0.4, -0.2) is 30.8 Å². The van der Waals surface area contributed by atoms with Crippen molar-refractivity contribution in [2.45, 2.75) is 22.6 Å². The maximum absolute atomic E-state index is 14.0. The monoisotopic (exact) mass is 447 g/mol. The van der Waals surface area contributed by atoms with Crippen molar-refractivity contribution in [3.63, 3.8) is 0 Å². The third-order valence-electron chi connectivity index (χ3n) is 5.91. The van der Waals surface area contributed by atoms with Crippen LogP contribution in [0.5, 0.6) is 5.75 Å². The predicted octanol–water partition coefficient (Wildman–Crippen LogP) is 5.12. The fourth-order valence-corrected chi connectivity index (χ4v) is 5.73. The van der Waals surface area contributed by atoms with Crippen LogP contribution in [0.1, 0.15) is 18.5 Å². The number of hydrogen-bond acceptors (Lipinski definition) is 5. The molecule has 1 saturated heterocycles. The number of hydrogen-bond donors (Lipinski definition) is 0. The van der Waals surface area contributed by atoms with Gasteiger partial charge in [0.15, 0.2) is 0 Å². The SMILES string of the molecule is COC(=O)C(C)C1(Sc2ccccc2)C(=O)N(c2ccc(OC)cc2)C1c1ccccc1. The lowest BCUT2D eigenvalue weighted by atomic mass is 9.73. The Balaban J connectivity index is 1.86. The molecule has 1 heterocycles. The molecule has 3 atom stereocenters. The summed E-state index contributed by atoms with van der Waals surface area (Å²) in [6.07, 6.45) is 0. The molecule has 3 aromatic rings. The van der Waals surface area contributed by atoms with Gasteiger partial charge in [-0.2, -0.15) is 0 Å². The molecule has 0 bridgehead atoms. The Labute approximate surface area is 192 Å². The van der Waals surface area contributed by atoms with Crippen molar-refractivity contribution in [3.8, 4) is 5.75 Å². The molecule has 164 valence electrons. The van der Waals surface area contributed by atoms with Gasteiger partial charge in [-0.05, 0) is 48.9 Å². The van der Waals surface area contributed by atoms with Crippen LogP contribution in [0.25, 0.3) is 0 Å². The molecule has 0 radical (unpaired) electrons. The van der Waals surface area contributed by atoms with Gasteiger partial charge in [0.2, 0.25) is 5.91 Å². The third-order valence-corrected chi connectivity index (χ3v) is 7.51. The molecule has 0 aliphatic carbocycles. The topological polar surface area (TPSA) is 55.8 Å². The van der Waals surface area contributed by atoms with E-state index in [1.165, 1.54) is 18.9 Å². The number of ether oxygens (including phenoxy) is 2. The average molecular weight is 448 g/mol. The Kier molecular flexibility index (Phi) is 6.24. The van der Waals surface area contributed by atoms with E-state index in [0.29, 0.717) is 5.75 Å². The van der Waals surface area contributed by atoms with Gasteiger partial charge in [0, 0.05) is 10.6 Å². The summed E-state index contributed by atoms with van der Waals surface area (Å²) in [6, 6.07) is 26.6. The lowest BCUT2D eigenvalue weighted by Crippen LogP contribution is -2.70. The van der Waals surface area contributed by atoms with E-state index in [4.69, 9.17) is 9.47 Å². The lowest BCUT2D eigenvalue weighted by Gasteiger charge is -2.57. The van der Waals surface area contributed by atoms with E-state index in [2.05, 4.69) is 0 Å². The quantitative estimate of drug-likeness (QED) is 0.372. The number of benzene rings is 3. The highest BCUT2D eigenvalue weighted by atomic mass is 32.2. The number of carbonyl (C=O) groups excluding carboxylic acids is 2. The summed E-state index contributed by atoms with van der Waals surface area (Å²) in [5.41, 5.74) is 1.72. The van der Waals surface area contributed by atoms with Crippen LogP contribution in [0, 0.1) is 5.92 Å². The Bertz CT molecular complexity index is 1090. The molecular weight excluding hydrogens is 422 g/mol. The van der Waals surface area contributed by atoms with Crippen LogP contribution < -0.4 is 9.64 Å². The maximum atomic E-state index is 14.0. The van der Waals surface area contributed by atoms with Gasteiger partial charge in [-0.25, -0.2) is 0 Å². The minimum Gasteiger partial charge on any atom is -0.497 e. The standard InChI is InChI=1S/C26H25NO4S/c1-18(24(28)31-3)26(32-22-12-8-5-9-13-22)23(19-10-6-4-7-11-19)27(25(26)29)20-14-16-21(30-2)17-15-20/h4-18,23H,1-3H3. The highest BCUT2D eigenvalue weighted by Gasteiger charge is 2.67. The number of carbonyl (C=O) groups is 2. The largest absolute Gasteiger partial charge is 0.497 e. The van der Waals surface area contributed by atoms with Gasteiger partial charge in [-0.15, -0.1) is 11.8 Å². The molecule has 1 amide bonds. The molecule has 0 spiro atoms. The molecule has 3 aromatic carbocycles.